The van der Waals surface area contributed by atoms with E-state index in [-0.39, 0.29) is 5.60 Å². The van der Waals surface area contributed by atoms with Gasteiger partial charge in [-0.2, -0.15) is 0 Å². The van der Waals surface area contributed by atoms with Crippen LogP contribution in [0.2, 0.25) is 5.15 Å². The maximum Gasteiger partial charge on any atom is 0.165 e. The summed E-state index contributed by atoms with van der Waals surface area (Å²) in [6.07, 6.45) is 2.62. The number of hydrogen-bond acceptors (Lipinski definition) is 3. The topological polar surface area (TPSA) is 31.4 Å². The lowest BCUT2D eigenvalue weighted by atomic mass is 10.0. The van der Waals surface area contributed by atoms with Gasteiger partial charge in [0, 0.05) is 23.7 Å². The third-order valence-corrected chi connectivity index (χ3v) is 3.46. The van der Waals surface area contributed by atoms with Crippen LogP contribution in [-0.4, -0.2) is 10.6 Å². The van der Waals surface area contributed by atoms with Gasteiger partial charge in [0.1, 0.15) is 17.4 Å². The number of rotatable bonds is 3. The smallest absolute Gasteiger partial charge is 0.165 e. The van der Waals surface area contributed by atoms with E-state index >= 15 is 0 Å². The molecule has 2 aromatic rings. The second-order valence-electron chi connectivity index (χ2n) is 5.56. The Morgan fingerprint density at radius 3 is 2.90 bits per heavy atom. The predicted octanol–water partition coefficient (Wildman–Crippen LogP) is 4.03. The molecule has 1 aliphatic rings. The first-order valence-corrected chi connectivity index (χ1v) is 6.95. The van der Waals surface area contributed by atoms with E-state index in [1.165, 1.54) is 5.56 Å². The number of ether oxygens (including phenoxy) is 2. The molecule has 0 atom stereocenters. The Balaban J connectivity index is 1.76. The van der Waals surface area contributed by atoms with Gasteiger partial charge in [-0.05, 0) is 26.0 Å². The first kappa shape index (κ1) is 13.3. The van der Waals surface area contributed by atoms with Crippen molar-refractivity contribution in [3.63, 3.8) is 0 Å². The normalized spacial score (nSPS) is 15.6. The maximum absolute atomic E-state index is 5.97. The van der Waals surface area contributed by atoms with Crippen molar-refractivity contribution in [1.29, 1.82) is 0 Å². The summed E-state index contributed by atoms with van der Waals surface area (Å²) in [6, 6.07) is 9.68. The third-order valence-electron chi connectivity index (χ3n) is 3.24. The fraction of sp³-hybridized carbons (Fsp3) is 0.312. The first-order chi connectivity index (χ1) is 9.53. The van der Waals surface area contributed by atoms with Crippen molar-refractivity contribution in [1.82, 2.24) is 4.98 Å². The van der Waals surface area contributed by atoms with Crippen LogP contribution in [0.4, 0.5) is 0 Å². The van der Waals surface area contributed by atoms with Crippen LogP contribution in [0, 0.1) is 0 Å². The second kappa shape index (κ2) is 4.98. The molecule has 0 saturated carbocycles. The summed E-state index contributed by atoms with van der Waals surface area (Å²) in [5.41, 5.74) is 2.01. The monoisotopic (exact) mass is 289 g/mol. The van der Waals surface area contributed by atoms with Crippen LogP contribution < -0.4 is 9.47 Å². The lowest BCUT2D eigenvalue weighted by Crippen LogP contribution is -2.24. The zero-order chi connectivity index (χ0) is 14.2. The van der Waals surface area contributed by atoms with E-state index in [0.29, 0.717) is 11.8 Å². The van der Waals surface area contributed by atoms with Crippen molar-refractivity contribution in [2.24, 2.45) is 0 Å². The second-order valence-corrected chi connectivity index (χ2v) is 5.95. The Kier molecular flexibility index (Phi) is 3.30. The molecule has 4 heteroatoms. The Hall–Kier alpha value is -1.74. The number of aromatic nitrogens is 1. The van der Waals surface area contributed by atoms with Crippen molar-refractivity contribution in [2.75, 3.05) is 0 Å². The van der Waals surface area contributed by atoms with Crippen LogP contribution in [0.15, 0.2) is 36.5 Å². The molecular formula is C16H16ClNO2. The van der Waals surface area contributed by atoms with E-state index in [0.717, 1.165) is 23.5 Å². The summed E-state index contributed by atoms with van der Waals surface area (Å²) in [4.78, 5) is 4.04. The van der Waals surface area contributed by atoms with E-state index in [1.54, 1.807) is 12.3 Å². The number of benzene rings is 1. The van der Waals surface area contributed by atoms with Crippen molar-refractivity contribution in [3.05, 3.63) is 52.8 Å². The molecule has 3 nitrogen and oxygen atoms in total. The molecule has 0 bridgehead atoms. The van der Waals surface area contributed by atoms with Crippen molar-refractivity contribution >= 4 is 11.6 Å². The SMILES string of the molecule is CC1(C)Cc2cccc(OCc3ccc(Cl)nc3)c2O1. The van der Waals surface area contributed by atoms with Crippen LogP contribution in [0.3, 0.4) is 0 Å². The Morgan fingerprint density at radius 2 is 2.15 bits per heavy atom. The molecule has 0 amide bonds. The fourth-order valence-electron chi connectivity index (χ4n) is 2.35. The van der Waals surface area contributed by atoms with Gasteiger partial charge in [0.25, 0.3) is 0 Å². The molecule has 20 heavy (non-hydrogen) atoms. The lowest BCUT2D eigenvalue weighted by Gasteiger charge is -2.18. The largest absolute Gasteiger partial charge is 0.485 e. The highest BCUT2D eigenvalue weighted by Gasteiger charge is 2.32. The van der Waals surface area contributed by atoms with Gasteiger partial charge < -0.3 is 9.47 Å². The molecule has 104 valence electrons. The summed E-state index contributed by atoms with van der Waals surface area (Å²) >= 11 is 5.77. The Labute approximate surface area is 123 Å². The van der Waals surface area contributed by atoms with Crippen LogP contribution >= 0.6 is 11.6 Å². The Morgan fingerprint density at radius 1 is 1.30 bits per heavy atom. The fourth-order valence-corrected chi connectivity index (χ4v) is 2.47. The molecule has 0 fully saturated rings. The lowest BCUT2D eigenvalue weighted by molar-refractivity contribution is 0.131. The standard InChI is InChI=1S/C16H16ClNO2/c1-16(2)8-12-4-3-5-13(15(12)20-16)19-10-11-6-7-14(17)18-9-11/h3-7,9H,8,10H2,1-2H3. The minimum atomic E-state index is -0.163. The van der Waals surface area contributed by atoms with Crippen molar-refractivity contribution < 1.29 is 9.47 Å². The maximum atomic E-state index is 5.97. The molecule has 0 aliphatic carbocycles. The van der Waals surface area contributed by atoms with Gasteiger partial charge in [-0.15, -0.1) is 0 Å². The van der Waals surface area contributed by atoms with E-state index in [2.05, 4.69) is 24.9 Å². The number of para-hydroxylation sites is 1. The number of halogens is 1. The minimum absolute atomic E-state index is 0.163. The molecule has 0 unspecified atom stereocenters. The van der Waals surface area contributed by atoms with Crippen molar-refractivity contribution in [2.45, 2.75) is 32.5 Å². The number of pyridine rings is 1. The molecule has 1 aliphatic heterocycles. The summed E-state index contributed by atoms with van der Waals surface area (Å²) in [5, 5.41) is 0.486. The summed E-state index contributed by atoms with van der Waals surface area (Å²) in [5.74, 6) is 1.64. The molecule has 1 aromatic heterocycles. The summed E-state index contributed by atoms with van der Waals surface area (Å²) < 4.78 is 11.8. The average Bonchev–Trinajstić information content (AvgIpc) is 2.72. The van der Waals surface area contributed by atoms with Crippen LogP contribution in [0.5, 0.6) is 11.5 Å². The highest BCUT2D eigenvalue weighted by atomic mass is 35.5. The van der Waals surface area contributed by atoms with Crippen molar-refractivity contribution in [3.8, 4) is 11.5 Å². The van der Waals surface area contributed by atoms with Gasteiger partial charge in [0.2, 0.25) is 0 Å². The highest BCUT2D eigenvalue weighted by molar-refractivity contribution is 6.29. The molecule has 0 N–H and O–H groups in total. The van der Waals surface area contributed by atoms with E-state index in [9.17, 15) is 0 Å². The highest BCUT2D eigenvalue weighted by Crippen LogP contribution is 2.41. The first-order valence-electron chi connectivity index (χ1n) is 6.58. The molecule has 0 saturated heterocycles. The zero-order valence-corrected chi connectivity index (χ0v) is 12.3. The van der Waals surface area contributed by atoms with Gasteiger partial charge in [-0.1, -0.05) is 29.8 Å². The van der Waals surface area contributed by atoms with Crippen LogP contribution in [0.1, 0.15) is 25.0 Å². The molecule has 0 spiro atoms. The van der Waals surface area contributed by atoms with Gasteiger partial charge in [0.15, 0.2) is 11.5 Å². The molecule has 0 radical (unpaired) electrons. The van der Waals surface area contributed by atoms with Gasteiger partial charge >= 0.3 is 0 Å². The zero-order valence-electron chi connectivity index (χ0n) is 11.5. The van der Waals surface area contributed by atoms with Gasteiger partial charge in [-0.25, -0.2) is 4.98 Å². The van der Waals surface area contributed by atoms with E-state index < -0.39 is 0 Å². The summed E-state index contributed by atoms with van der Waals surface area (Å²) in [7, 11) is 0. The quantitative estimate of drug-likeness (QED) is 0.800. The van der Waals surface area contributed by atoms with E-state index in [4.69, 9.17) is 21.1 Å². The van der Waals surface area contributed by atoms with Crippen LogP contribution in [0.25, 0.3) is 0 Å². The number of nitrogens with zero attached hydrogens (tertiary/aromatic N) is 1. The Bertz CT molecular complexity index is 623. The summed E-state index contributed by atoms with van der Waals surface area (Å²) in [6.45, 7) is 4.62. The molecule has 3 rings (SSSR count). The molecular weight excluding hydrogens is 274 g/mol. The number of fused-ring (bicyclic) bond motifs is 1. The van der Waals surface area contributed by atoms with E-state index in [1.807, 2.05) is 18.2 Å². The average molecular weight is 290 g/mol. The van der Waals surface area contributed by atoms with Gasteiger partial charge in [0.05, 0.1) is 0 Å². The minimum Gasteiger partial charge on any atom is -0.485 e. The predicted molar refractivity (Wildman–Crippen MR) is 78.4 cm³/mol. The molecule has 2 heterocycles. The number of hydrogen-bond donors (Lipinski definition) is 0. The van der Waals surface area contributed by atoms with Crippen LogP contribution in [-0.2, 0) is 13.0 Å². The van der Waals surface area contributed by atoms with Gasteiger partial charge in [-0.3, -0.25) is 0 Å². The third kappa shape index (κ3) is 2.73. The molecule has 1 aromatic carbocycles.